The molecule has 0 unspecified atom stereocenters. The molecule has 0 N–H and O–H groups in total. The van der Waals surface area contributed by atoms with Gasteiger partial charge >= 0.3 is 0 Å². The van der Waals surface area contributed by atoms with Crippen LogP contribution in [0, 0.1) is 0 Å². The van der Waals surface area contributed by atoms with E-state index in [-0.39, 0.29) is 0 Å². The van der Waals surface area contributed by atoms with Crippen molar-refractivity contribution in [3.8, 4) is 0 Å². The summed E-state index contributed by atoms with van der Waals surface area (Å²) in [6, 6.07) is 0. The van der Waals surface area contributed by atoms with Gasteiger partial charge in [0.05, 0.1) is 23.1 Å². The zero-order valence-corrected chi connectivity index (χ0v) is 18.2. The van der Waals surface area contributed by atoms with Gasteiger partial charge in [-0.3, -0.25) is 0 Å². The lowest BCUT2D eigenvalue weighted by atomic mass is 9.97. The summed E-state index contributed by atoms with van der Waals surface area (Å²) in [6.07, 6.45) is 31.3. The van der Waals surface area contributed by atoms with Crippen LogP contribution in [-0.4, -0.2) is 23.1 Å². The van der Waals surface area contributed by atoms with Crippen molar-refractivity contribution in [3.63, 3.8) is 0 Å². The third kappa shape index (κ3) is 5.03. The molecule has 0 aromatic carbocycles. The van der Waals surface area contributed by atoms with E-state index in [0.717, 1.165) is 0 Å². The van der Waals surface area contributed by atoms with E-state index in [1.165, 1.54) is 68.3 Å². The summed E-state index contributed by atoms with van der Waals surface area (Å²) < 4.78 is 0. The van der Waals surface area contributed by atoms with Crippen LogP contribution in [0.3, 0.4) is 0 Å². The van der Waals surface area contributed by atoms with Gasteiger partial charge in [0.2, 0.25) is 0 Å². The maximum absolute atomic E-state index is 2.32. The molecule has 3 saturated carbocycles. The molecule has 1 heteroatoms. The highest BCUT2D eigenvalue weighted by atomic mass is 31.2. The fourth-order valence-corrected chi connectivity index (χ4v) is 13.6. The summed E-state index contributed by atoms with van der Waals surface area (Å²) in [4.78, 5) is 0. The molecular weight excluding hydrogens is 319 g/mol. The second-order valence-electron chi connectivity index (χ2n) is 9.65. The Balaban J connectivity index is 1.35. The normalized spacial score (nSPS) is 22.4. The van der Waals surface area contributed by atoms with E-state index >= 15 is 0 Å². The van der Waals surface area contributed by atoms with Crippen LogP contribution in [-0.2, 0) is 0 Å². The molecule has 0 nitrogen and oxygen atoms in total. The lowest BCUT2D eigenvalue weighted by Gasteiger charge is -2.53. The Morgan fingerprint density at radius 2 is 0.880 bits per heavy atom. The summed E-state index contributed by atoms with van der Waals surface area (Å²) in [5.74, 6) is 0. The zero-order chi connectivity index (χ0) is 17.4. The number of rotatable bonds is 14. The standard InChI is InChI=1S/C24H46P/c1-2-3-4-5-6-7-8-9-10-11-21-25(22-15-12-16-22,23-17-13-18-23)24-19-14-20-24/h22-24H,2-21H2,1H3/q+1. The van der Waals surface area contributed by atoms with E-state index in [1.54, 1.807) is 76.8 Å². The summed E-state index contributed by atoms with van der Waals surface area (Å²) >= 11 is 0. The predicted molar refractivity (Wildman–Crippen MR) is 117 cm³/mol. The maximum atomic E-state index is 2.32. The average Bonchev–Trinajstić information content (AvgIpc) is 2.43. The molecule has 0 heterocycles. The number of hydrogen-bond donors (Lipinski definition) is 0. The van der Waals surface area contributed by atoms with Gasteiger partial charge in [0.25, 0.3) is 0 Å². The van der Waals surface area contributed by atoms with Crippen LogP contribution in [0.4, 0.5) is 0 Å². The first-order valence-corrected chi connectivity index (χ1v) is 14.4. The molecule has 0 saturated heterocycles. The highest BCUT2D eigenvalue weighted by Crippen LogP contribution is 2.80. The van der Waals surface area contributed by atoms with Crippen LogP contribution in [0.5, 0.6) is 0 Å². The minimum Gasteiger partial charge on any atom is -0.0654 e. The minimum atomic E-state index is -0.583. The first-order valence-electron chi connectivity index (χ1n) is 12.2. The summed E-state index contributed by atoms with van der Waals surface area (Å²) in [5, 5.41) is 0. The van der Waals surface area contributed by atoms with Crippen LogP contribution in [0.1, 0.15) is 129 Å². The third-order valence-electron chi connectivity index (χ3n) is 8.16. The van der Waals surface area contributed by atoms with Crippen molar-refractivity contribution in [1.82, 2.24) is 0 Å². The SMILES string of the molecule is CCCCCCCCCCCC[P+](C1CCC1)(C1CCC1)C1CCC1. The average molecular weight is 366 g/mol. The van der Waals surface area contributed by atoms with E-state index < -0.39 is 7.26 Å². The number of hydrogen-bond acceptors (Lipinski definition) is 0. The summed E-state index contributed by atoms with van der Waals surface area (Å²) in [7, 11) is -0.583. The van der Waals surface area contributed by atoms with E-state index in [0.29, 0.717) is 0 Å². The molecule has 0 spiro atoms. The first kappa shape index (κ1) is 20.2. The second kappa shape index (κ2) is 10.7. The smallest absolute Gasteiger partial charge is 0.0654 e. The van der Waals surface area contributed by atoms with Gasteiger partial charge in [0.1, 0.15) is 0 Å². The second-order valence-corrected chi connectivity index (χ2v) is 14.3. The molecule has 3 aliphatic carbocycles. The maximum Gasteiger partial charge on any atom is 0.0703 e. The molecule has 146 valence electrons. The van der Waals surface area contributed by atoms with Crippen LogP contribution in [0.25, 0.3) is 0 Å². The van der Waals surface area contributed by atoms with Gasteiger partial charge in [0.15, 0.2) is 0 Å². The molecule has 0 atom stereocenters. The van der Waals surface area contributed by atoms with Gasteiger partial charge in [-0.1, -0.05) is 58.3 Å². The predicted octanol–water partition coefficient (Wildman–Crippen LogP) is 8.58. The molecular formula is C24H46P+. The molecule has 0 amide bonds. The van der Waals surface area contributed by atoms with E-state index in [2.05, 4.69) is 6.92 Å². The van der Waals surface area contributed by atoms with Crippen LogP contribution in [0.15, 0.2) is 0 Å². The highest BCUT2D eigenvalue weighted by molar-refractivity contribution is 7.78. The molecule has 3 aliphatic rings. The lowest BCUT2D eigenvalue weighted by molar-refractivity contribution is 0.427. The van der Waals surface area contributed by atoms with Crippen molar-refractivity contribution in [2.75, 3.05) is 6.16 Å². The molecule has 25 heavy (non-hydrogen) atoms. The fourth-order valence-electron chi connectivity index (χ4n) is 5.92. The van der Waals surface area contributed by atoms with Crippen molar-refractivity contribution in [2.45, 2.75) is 146 Å². The topological polar surface area (TPSA) is 0 Å². The molecule has 0 aromatic rings. The fraction of sp³-hybridized carbons (Fsp3) is 1.00. The molecule has 3 rings (SSSR count). The van der Waals surface area contributed by atoms with Gasteiger partial charge in [0, 0.05) is 7.26 Å². The lowest BCUT2D eigenvalue weighted by Crippen LogP contribution is -2.42. The molecule has 3 fully saturated rings. The van der Waals surface area contributed by atoms with Gasteiger partial charge in [-0.15, -0.1) is 0 Å². The van der Waals surface area contributed by atoms with Gasteiger partial charge < -0.3 is 0 Å². The van der Waals surface area contributed by atoms with Crippen molar-refractivity contribution in [3.05, 3.63) is 0 Å². The van der Waals surface area contributed by atoms with Crippen molar-refractivity contribution in [2.24, 2.45) is 0 Å². The van der Waals surface area contributed by atoms with Crippen LogP contribution in [0.2, 0.25) is 0 Å². The molecule has 0 bridgehead atoms. The van der Waals surface area contributed by atoms with E-state index in [4.69, 9.17) is 0 Å². The Bertz CT molecular complexity index is 315. The zero-order valence-electron chi connectivity index (χ0n) is 17.3. The Morgan fingerprint density at radius 3 is 1.20 bits per heavy atom. The first-order chi connectivity index (χ1) is 12.4. The van der Waals surface area contributed by atoms with E-state index in [9.17, 15) is 0 Å². The summed E-state index contributed by atoms with van der Waals surface area (Å²) in [5.41, 5.74) is 3.75. The Hall–Kier alpha value is 0.430. The number of unbranched alkanes of at least 4 members (excludes halogenated alkanes) is 9. The Kier molecular flexibility index (Phi) is 8.62. The van der Waals surface area contributed by atoms with Crippen LogP contribution >= 0.6 is 7.26 Å². The molecule has 0 aromatic heterocycles. The Labute approximate surface area is 159 Å². The van der Waals surface area contributed by atoms with Crippen molar-refractivity contribution in [1.29, 1.82) is 0 Å². The monoisotopic (exact) mass is 365 g/mol. The molecule has 0 radical (unpaired) electrons. The van der Waals surface area contributed by atoms with Crippen LogP contribution < -0.4 is 0 Å². The molecule has 0 aliphatic heterocycles. The Morgan fingerprint density at radius 1 is 0.520 bits per heavy atom. The van der Waals surface area contributed by atoms with E-state index in [1.807, 2.05) is 0 Å². The quantitative estimate of drug-likeness (QED) is 0.213. The van der Waals surface area contributed by atoms with Gasteiger partial charge in [-0.05, 0) is 70.6 Å². The minimum absolute atomic E-state index is 0.583. The summed E-state index contributed by atoms with van der Waals surface area (Å²) in [6.45, 7) is 2.32. The highest BCUT2D eigenvalue weighted by Gasteiger charge is 2.60. The van der Waals surface area contributed by atoms with Crippen molar-refractivity contribution >= 4 is 7.26 Å². The largest absolute Gasteiger partial charge is 0.0703 e. The van der Waals surface area contributed by atoms with Gasteiger partial charge in [-0.2, -0.15) is 0 Å². The third-order valence-corrected chi connectivity index (χ3v) is 14.9. The van der Waals surface area contributed by atoms with Gasteiger partial charge in [-0.25, -0.2) is 0 Å². The van der Waals surface area contributed by atoms with Crippen molar-refractivity contribution < 1.29 is 0 Å².